The van der Waals surface area contributed by atoms with Crippen LogP contribution in [0.4, 0.5) is 0 Å². The van der Waals surface area contributed by atoms with Gasteiger partial charge in [0.2, 0.25) is 0 Å². The molecule has 0 amide bonds. The van der Waals surface area contributed by atoms with Crippen molar-refractivity contribution in [2.45, 2.75) is 104 Å². The summed E-state index contributed by atoms with van der Waals surface area (Å²) in [6, 6.07) is 8.10. The topological polar surface area (TPSA) is 166 Å². The predicted molar refractivity (Wildman–Crippen MR) is 156 cm³/mol. The SMILES string of the molecule is C=C1[C@@H](O)C[C@H](OC(C)=O)[C@@]2(C)[C@@H](OC(C)=O)[C@H](OC(=O)c3ccccc3)C3=C(C)[C@@H](O)C[C@@]3(C(C)(C)O)[C@@H](OC(C)=O)[C@H]12. The lowest BCUT2D eigenvalue weighted by atomic mass is 9.54. The Hall–Kier alpha value is -3.54. The first-order chi connectivity index (χ1) is 20.4. The molecule has 4 rings (SSSR count). The van der Waals surface area contributed by atoms with Crippen LogP contribution < -0.4 is 0 Å². The number of hydrogen-bond donors (Lipinski definition) is 3. The third-order valence-electron chi connectivity index (χ3n) is 9.74. The van der Waals surface area contributed by atoms with Crippen molar-refractivity contribution in [3.8, 4) is 0 Å². The number of esters is 4. The highest BCUT2D eigenvalue weighted by molar-refractivity contribution is 5.89. The highest BCUT2D eigenvalue weighted by atomic mass is 16.6. The van der Waals surface area contributed by atoms with Crippen molar-refractivity contribution >= 4 is 23.9 Å². The van der Waals surface area contributed by atoms with Crippen molar-refractivity contribution in [3.05, 3.63) is 59.2 Å². The van der Waals surface area contributed by atoms with E-state index in [4.69, 9.17) is 18.9 Å². The molecule has 9 atom stereocenters. The van der Waals surface area contributed by atoms with Gasteiger partial charge in [-0.1, -0.05) is 31.7 Å². The lowest BCUT2D eigenvalue weighted by molar-refractivity contribution is -0.214. The van der Waals surface area contributed by atoms with Gasteiger partial charge < -0.3 is 34.3 Å². The Kier molecular flexibility index (Phi) is 8.91. The molecule has 2 saturated carbocycles. The van der Waals surface area contributed by atoms with Crippen molar-refractivity contribution in [2.24, 2.45) is 16.7 Å². The zero-order valence-electron chi connectivity index (χ0n) is 26.2. The molecule has 240 valence electrons. The number of aliphatic hydroxyl groups is 3. The van der Waals surface area contributed by atoms with Crippen molar-refractivity contribution in [1.82, 2.24) is 0 Å². The van der Waals surface area contributed by atoms with E-state index in [0.717, 1.165) is 0 Å². The van der Waals surface area contributed by atoms with Gasteiger partial charge in [-0.05, 0) is 56.0 Å². The molecule has 0 spiro atoms. The maximum Gasteiger partial charge on any atom is 0.338 e. The summed E-state index contributed by atoms with van der Waals surface area (Å²) in [6.07, 6.45) is -8.16. The molecule has 11 heteroatoms. The summed E-state index contributed by atoms with van der Waals surface area (Å²) in [5.74, 6) is -4.11. The monoisotopic (exact) mass is 614 g/mol. The van der Waals surface area contributed by atoms with Crippen LogP contribution in [0.15, 0.2) is 53.6 Å². The number of benzene rings is 1. The molecule has 3 aliphatic carbocycles. The van der Waals surface area contributed by atoms with Gasteiger partial charge in [0.25, 0.3) is 0 Å². The largest absolute Gasteiger partial charge is 0.462 e. The zero-order valence-corrected chi connectivity index (χ0v) is 26.2. The van der Waals surface area contributed by atoms with E-state index in [1.807, 2.05) is 0 Å². The third-order valence-corrected chi connectivity index (χ3v) is 9.74. The smallest absolute Gasteiger partial charge is 0.338 e. The van der Waals surface area contributed by atoms with Crippen LogP contribution in [0.3, 0.4) is 0 Å². The number of hydrogen-bond acceptors (Lipinski definition) is 11. The maximum atomic E-state index is 13.7. The molecule has 1 aromatic rings. The molecule has 0 unspecified atom stereocenters. The number of fused-ring (bicyclic) bond motifs is 2. The van der Waals surface area contributed by atoms with E-state index < -0.39 is 82.8 Å². The van der Waals surface area contributed by atoms with Gasteiger partial charge in [0.05, 0.1) is 34.2 Å². The van der Waals surface area contributed by atoms with Gasteiger partial charge in [-0.25, -0.2) is 4.79 Å². The fourth-order valence-electron chi connectivity index (χ4n) is 7.80. The average molecular weight is 615 g/mol. The van der Waals surface area contributed by atoms with Gasteiger partial charge in [-0.3, -0.25) is 14.4 Å². The number of rotatable bonds is 6. The first kappa shape index (κ1) is 33.4. The highest BCUT2D eigenvalue weighted by Crippen LogP contribution is 2.66. The van der Waals surface area contributed by atoms with E-state index in [0.29, 0.717) is 5.57 Å². The molecule has 0 bridgehead atoms. The molecule has 11 nitrogen and oxygen atoms in total. The summed E-state index contributed by atoms with van der Waals surface area (Å²) >= 11 is 0. The predicted octanol–water partition coefficient (Wildman–Crippen LogP) is 2.80. The molecular formula is C33H42O11. The highest BCUT2D eigenvalue weighted by Gasteiger charge is 2.73. The number of ether oxygens (including phenoxy) is 4. The maximum absolute atomic E-state index is 13.7. The van der Waals surface area contributed by atoms with Gasteiger partial charge in [-0.2, -0.15) is 0 Å². The Morgan fingerprint density at radius 1 is 0.886 bits per heavy atom. The summed E-state index contributed by atoms with van der Waals surface area (Å²) in [5, 5.41) is 34.7. The van der Waals surface area contributed by atoms with Crippen LogP contribution in [0.25, 0.3) is 0 Å². The number of carbonyl (C=O) groups excluding carboxylic acids is 4. The zero-order chi connectivity index (χ0) is 32.9. The molecule has 2 fully saturated rings. The van der Waals surface area contributed by atoms with Crippen LogP contribution in [0.2, 0.25) is 0 Å². The van der Waals surface area contributed by atoms with E-state index in [1.54, 1.807) is 44.2 Å². The minimum atomic E-state index is -1.77. The molecule has 44 heavy (non-hydrogen) atoms. The molecule has 1 aromatic carbocycles. The molecule has 3 aliphatic rings. The normalized spacial score (nSPS) is 35.1. The minimum Gasteiger partial charge on any atom is -0.462 e. The lowest BCUT2D eigenvalue weighted by Crippen LogP contribution is -2.63. The molecular weight excluding hydrogens is 572 g/mol. The van der Waals surface area contributed by atoms with Crippen LogP contribution in [0.5, 0.6) is 0 Å². The quantitative estimate of drug-likeness (QED) is 0.245. The summed E-state index contributed by atoms with van der Waals surface area (Å²) in [4.78, 5) is 51.9. The van der Waals surface area contributed by atoms with E-state index >= 15 is 0 Å². The second-order valence-electron chi connectivity index (χ2n) is 12.9. The van der Waals surface area contributed by atoms with Crippen molar-refractivity contribution in [1.29, 1.82) is 0 Å². The summed E-state index contributed by atoms with van der Waals surface area (Å²) < 4.78 is 24.1. The van der Waals surface area contributed by atoms with Crippen molar-refractivity contribution in [2.75, 3.05) is 0 Å². The van der Waals surface area contributed by atoms with Gasteiger partial charge in [-0.15, -0.1) is 0 Å². The van der Waals surface area contributed by atoms with Crippen molar-refractivity contribution in [3.63, 3.8) is 0 Å². The second kappa shape index (κ2) is 11.8. The van der Waals surface area contributed by atoms with Gasteiger partial charge in [0, 0.05) is 33.1 Å². The van der Waals surface area contributed by atoms with Crippen LogP contribution in [0.1, 0.15) is 71.7 Å². The Balaban J connectivity index is 2.16. The molecule has 3 N–H and O–H groups in total. The number of carbonyl (C=O) groups is 4. The number of aliphatic hydroxyl groups excluding tert-OH is 2. The molecule has 0 saturated heterocycles. The Labute approximate surface area is 256 Å². The Morgan fingerprint density at radius 3 is 1.95 bits per heavy atom. The van der Waals surface area contributed by atoms with E-state index in [1.165, 1.54) is 34.6 Å². The summed E-state index contributed by atoms with van der Waals surface area (Å²) in [7, 11) is 0. The summed E-state index contributed by atoms with van der Waals surface area (Å²) in [6.45, 7) is 13.9. The molecule has 0 aromatic heterocycles. The van der Waals surface area contributed by atoms with Gasteiger partial charge in [0.1, 0.15) is 12.2 Å². The van der Waals surface area contributed by atoms with E-state index in [-0.39, 0.29) is 29.6 Å². The Morgan fingerprint density at radius 2 is 1.43 bits per heavy atom. The molecule has 0 heterocycles. The first-order valence-electron chi connectivity index (χ1n) is 14.6. The van der Waals surface area contributed by atoms with Crippen LogP contribution in [0, 0.1) is 16.7 Å². The van der Waals surface area contributed by atoms with E-state index in [2.05, 4.69) is 6.58 Å². The minimum absolute atomic E-state index is 0.147. The van der Waals surface area contributed by atoms with Crippen LogP contribution in [-0.4, -0.2) is 81.4 Å². The Bertz CT molecular complexity index is 1380. The van der Waals surface area contributed by atoms with Gasteiger partial charge in [0.15, 0.2) is 12.2 Å². The third kappa shape index (κ3) is 5.35. The summed E-state index contributed by atoms with van der Waals surface area (Å²) in [5.41, 5.74) is -4.09. The molecule has 0 radical (unpaired) electrons. The molecule has 0 aliphatic heterocycles. The van der Waals surface area contributed by atoms with Crippen molar-refractivity contribution < 1.29 is 53.4 Å². The lowest BCUT2D eigenvalue weighted by Gasteiger charge is -2.55. The second-order valence-corrected chi connectivity index (χ2v) is 12.9. The van der Waals surface area contributed by atoms with Gasteiger partial charge >= 0.3 is 23.9 Å². The fraction of sp³-hybridized carbons (Fsp3) is 0.576. The first-order valence-corrected chi connectivity index (χ1v) is 14.6. The van der Waals surface area contributed by atoms with Crippen LogP contribution >= 0.6 is 0 Å². The standard InChI is InChI=1S/C33H42O11/c1-16-22(37)14-24(41-18(3)34)32(8)26(16)28(42-19(4)35)33(31(6,7)40)15-23(38)17(2)25(33)27(29(32)43-20(5)36)44-30(39)21-12-10-9-11-13-21/h9-13,22-24,26-29,37-38,40H,1,14-15H2,2-8H3/t22-,23-,24-,26-,27+,28-,29-,32+,33-/m0/s1. The van der Waals surface area contributed by atoms with Crippen LogP contribution in [-0.2, 0) is 33.3 Å². The van der Waals surface area contributed by atoms with E-state index in [9.17, 15) is 34.5 Å². The fourth-order valence-corrected chi connectivity index (χ4v) is 7.80. The average Bonchev–Trinajstić information content (AvgIpc) is 3.15.